The lowest BCUT2D eigenvalue weighted by Gasteiger charge is -2.30. The molecule has 1 aliphatic heterocycles. The molecule has 7 heteroatoms. The van der Waals surface area contributed by atoms with Crippen LogP contribution in [0.3, 0.4) is 0 Å². The lowest BCUT2D eigenvalue weighted by Crippen LogP contribution is -2.45. The maximum absolute atomic E-state index is 12.2. The zero-order chi connectivity index (χ0) is 16.6. The van der Waals surface area contributed by atoms with Crippen molar-refractivity contribution < 1.29 is 12.8 Å². The molecule has 2 heterocycles. The van der Waals surface area contributed by atoms with Crippen LogP contribution in [-0.2, 0) is 10.2 Å². The molecule has 23 heavy (non-hydrogen) atoms. The fraction of sp³-hybridized carbons (Fsp3) is 0.750. The molecule has 1 aromatic rings. The second-order valence-corrected chi connectivity index (χ2v) is 9.00. The van der Waals surface area contributed by atoms with Gasteiger partial charge in [-0.05, 0) is 37.8 Å². The molecular formula is C16H27N3O3S. The van der Waals surface area contributed by atoms with Gasteiger partial charge in [0.25, 0.3) is 10.2 Å². The van der Waals surface area contributed by atoms with Gasteiger partial charge >= 0.3 is 0 Å². The SMILES string of the molecule is Cc1ccc([C@H]2CN(CC3CCC3)C[C@@H]2NS(=O)(=O)N(C)C)o1. The maximum atomic E-state index is 12.2. The molecule has 0 radical (unpaired) electrons. The predicted octanol–water partition coefficient (Wildman–Crippen LogP) is 1.55. The Labute approximate surface area is 139 Å². The molecule has 0 spiro atoms. The second-order valence-electron chi connectivity index (χ2n) is 7.08. The number of hydrogen-bond donors (Lipinski definition) is 1. The van der Waals surface area contributed by atoms with Crippen LogP contribution >= 0.6 is 0 Å². The Bertz CT molecular complexity index is 637. The summed E-state index contributed by atoms with van der Waals surface area (Å²) in [7, 11) is -0.342. The highest BCUT2D eigenvalue weighted by Crippen LogP contribution is 2.33. The Morgan fingerprint density at radius 2 is 2.04 bits per heavy atom. The summed E-state index contributed by atoms with van der Waals surface area (Å²) in [4.78, 5) is 2.38. The average molecular weight is 341 g/mol. The van der Waals surface area contributed by atoms with E-state index in [9.17, 15) is 8.42 Å². The first kappa shape index (κ1) is 17.0. The van der Waals surface area contributed by atoms with Crippen LogP contribution in [0.1, 0.15) is 36.7 Å². The lowest BCUT2D eigenvalue weighted by atomic mass is 9.85. The number of furan rings is 1. The molecule has 0 unspecified atom stereocenters. The van der Waals surface area contributed by atoms with Crippen LogP contribution in [0.25, 0.3) is 0 Å². The van der Waals surface area contributed by atoms with Gasteiger partial charge in [-0.1, -0.05) is 6.42 Å². The molecule has 1 N–H and O–H groups in total. The molecule has 3 rings (SSSR count). The van der Waals surface area contributed by atoms with Crippen LogP contribution in [0.15, 0.2) is 16.5 Å². The number of aryl methyl sites for hydroxylation is 1. The van der Waals surface area contributed by atoms with Gasteiger partial charge in [-0.25, -0.2) is 0 Å². The van der Waals surface area contributed by atoms with E-state index in [4.69, 9.17) is 4.42 Å². The molecule has 130 valence electrons. The van der Waals surface area contributed by atoms with Gasteiger partial charge in [0, 0.05) is 45.7 Å². The van der Waals surface area contributed by atoms with E-state index >= 15 is 0 Å². The summed E-state index contributed by atoms with van der Waals surface area (Å²) < 4.78 is 34.3. The first-order chi connectivity index (χ1) is 10.8. The van der Waals surface area contributed by atoms with Crippen molar-refractivity contribution >= 4 is 10.2 Å². The summed E-state index contributed by atoms with van der Waals surface area (Å²) in [5, 5.41) is 0. The summed E-state index contributed by atoms with van der Waals surface area (Å²) in [6.45, 7) is 4.58. The molecule has 0 bridgehead atoms. The molecule has 2 aliphatic rings. The smallest absolute Gasteiger partial charge is 0.279 e. The zero-order valence-electron chi connectivity index (χ0n) is 14.2. The van der Waals surface area contributed by atoms with Gasteiger partial charge in [-0.3, -0.25) is 0 Å². The van der Waals surface area contributed by atoms with Crippen LogP contribution in [0, 0.1) is 12.8 Å². The van der Waals surface area contributed by atoms with E-state index in [2.05, 4.69) is 9.62 Å². The van der Waals surface area contributed by atoms with E-state index in [0.29, 0.717) is 0 Å². The standard InChI is InChI=1S/C16H27N3O3S/c1-12-7-8-16(22-12)14-10-19(9-13-5-4-6-13)11-15(14)17-23(20,21)18(2)3/h7-8,13-15,17H,4-6,9-11H2,1-3H3/t14-,15-/m0/s1. The first-order valence-corrected chi connectivity index (χ1v) is 9.77. The van der Waals surface area contributed by atoms with Crippen molar-refractivity contribution in [1.29, 1.82) is 0 Å². The predicted molar refractivity (Wildman–Crippen MR) is 89.5 cm³/mol. The molecule has 1 aromatic heterocycles. The van der Waals surface area contributed by atoms with Crippen molar-refractivity contribution in [2.24, 2.45) is 5.92 Å². The number of likely N-dealkylation sites (tertiary alicyclic amines) is 1. The quantitative estimate of drug-likeness (QED) is 0.853. The Kier molecular flexibility index (Phi) is 4.83. The molecule has 6 nitrogen and oxygen atoms in total. The Balaban J connectivity index is 1.75. The first-order valence-electron chi connectivity index (χ1n) is 8.33. The molecular weight excluding hydrogens is 314 g/mol. The third-order valence-corrected chi connectivity index (χ3v) is 6.61. The second kappa shape index (κ2) is 6.55. The van der Waals surface area contributed by atoms with E-state index in [0.717, 1.165) is 37.1 Å². The van der Waals surface area contributed by atoms with Crippen LogP contribution in [0.2, 0.25) is 0 Å². The summed E-state index contributed by atoms with van der Waals surface area (Å²) in [5.74, 6) is 2.59. The van der Waals surface area contributed by atoms with Gasteiger partial charge in [-0.15, -0.1) is 0 Å². The van der Waals surface area contributed by atoms with E-state index in [1.54, 1.807) is 14.1 Å². The lowest BCUT2D eigenvalue weighted by molar-refractivity contribution is 0.201. The number of rotatable bonds is 6. The van der Waals surface area contributed by atoms with Gasteiger partial charge in [0.2, 0.25) is 0 Å². The topological polar surface area (TPSA) is 65.8 Å². The highest BCUT2D eigenvalue weighted by atomic mass is 32.2. The van der Waals surface area contributed by atoms with Crippen molar-refractivity contribution in [3.8, 4) is 0 Å². The largest absolute Gasteiger partial charge is 0.466 e. The monoisotopic (exact) mass is 341 g/mol. The number of nitrogens with one attached hydrogen (secondary N) is 1. The van der Waals surface area contributed by atoms with Crippen molar-refractivity contribution in [2.45, 2.75) is 38.1 Å². The van der Waals surface area contributed by atoms with E-state index in [1.165, 1.54) is 23.6 Å². The maximum Gasteiger partial charge on any atom is 0.279 e. The van der Waals surface area contributed by atoms with Crippen LogP contribution in [0.4, 0.5) is 0 Å². The van der Waals surface area contributed by atoms with Crippen molar-refractivity contribution in [1.82, 2.24) is 13.9 Å². The minimum atomic E-state index is -3.44. The molecule has 2 atom stereocenters. The number of hydrogen-bond acceptors (Lipinski definition) is 4. The number of nitrogens with zero attached hydrogens (tertiary/aromatic N) is 2. The third-order valence-electron chi connectivity index (χ3n) is 5.04. The Morgan fingerprint density at radius 3 is 2.57 bits per heavy atom. The zero-order valence-corrected chi connectivity index (χ0v) is 15.0. The van der Waals surface area contributed by atoms with Gasteiger partial charge in [-0.2, -0.15) is 17.4 Å². The summed E-state index contributed by atoms with van der Waals surface area (Å²) >= 11 is 0. The summed E-state index contributed by atoms with van der Waals surface area (Å²) in [6.07, 6.45) is 3.93. The Morgan fingerprint density at radius 1 is 1.30 bits per heavy atom. The molecule has 0 amide bonds. The normalized spacial score (nSPS) is 26.8. The minimum absolute atomic E-state index is 0.0681. The third kappa shape index (κ3) is 3.79. The molecule has 1 saturated carbocycles. The fourth-order valence-electron chi connectivity index (χ4n) is 3.43. The van der Waals surface area contributed by atoms with Crippen molar-refractivity contribution in [3.05, 3.63) is 23.7 Å². The van der Waals surface area contributed by atoms with Crippen molar-refractivity contribution in [2.75, 3.05) is 33.7 Å². The summed E-state index contributed by atoms with van der Waals surface area (Å²) in [5.41, 5.74) is 0. The van der Waals surface area contributed by atoms with Crippen molar-refractivity contribution in [3.63, 3.8) is 0 Å². The molecule has 1 aliphatic carbocycles. The van der Waals surface area contributed by atoms with Crippen LogP contribution in [0.5, 0.6) is 0 Å². The van der Waals surface area contributed by atoms with Gasteiger partial charge in [0.15, 0.2) is 0 Å². The molecule has 1 saturated heterocycles. The van der Waals surface area contributed by atoms with E-state index in [-0.39, 0.29) is 12.0 Å². The minimum Gasteiger partial charge on any atom is -0.466 e. The van der Waals surface area contributed by atoms with Crippen LogP contribution in [-0.4, -0.2) is 57.4 Å². The molecule has 0 aromatic carbocycles. The van der Waals surface area contributed by atoms with Gasteiger partial charge in [0.1, 0.15) is 11.5 Å². The van der Waals surface area contributed by atoms with E-state index < -0.39 is 10.2 Å². The highest BCUT2D eigenvalue weighted by molar-refractivity contribution is 7.87. The van der Waals surface area contributed by atoms with E-state index in [1.807, 2.05) is 19.1 Å². The van der Waals surface area contributed by atoms with Gasteiger partial charge < -0.3 is 9.32 Å². The average Bonchev–Trinajstić information content (AvgIpc) is 3.00. The summed E-state index contributed by atoms with van der Waals surface area (Å²) in [6, 6.07) is 3.78. The van der Waals surface area contributed by atoms with Crippen LogP contribution < -0.4 is 4.72 Å². The highest BCUT2D eigenvalue weighted by Gasteiger charge is 2.39. The Hall–Kier alpha value is -0.890. The fourth-order valence-corrected chi connectivity index (χ4v) is 4.26. The molecule has 2 fully saturated rings. The van der Waals surface area contributed by atoms with Gasteiger partial charge in [0.05, 0.1) is 0 Å².